The van der Waals surface area contributed by atoms with Gasteiger partial charge in [-0.2, -0.15) is 0 Å². The highest BCUT2D eigenvalue weighted by Crippen LogP contribution is 1.76. The molecule has 7 heavy (non-hydrogen) atoms. The Morgan fingerprint density at radius 2 is 2.57 bits per heavy atom. The number of rotatable bonds is 3. The summed E-state index contributed by atoms with van der Waals surface area (Å²) in [6.45, 7) is 4.03. The zero-order valence-corrected chi connectivity index (χ0v) is 4.55. The monoisotopic (exact) mass is 101 g/mol. The minimum Gasteiger partial charge on any atom is -0.383 e. The Balaban J connectivity index is 2.98. The van der Waals surface area contributed by atoms with Gasteiger partial charge in [0.05, 0.1) is 6.61 Å². The molecule has 0 bridgehead atoms. The van der Waals surface area contributed by atoms with Gasteiger partial charge in [0.1, 0.15) is 0 Å². The van der Waals surface area contributed by atoms with Crippen molar-refractivity contribution in [1.82, 2.24) is 0 Å². The van der Waals surface area contributed by atoms with E-state index in [9.17, 15) is 0 Å². The van der Waals surface area contributed by atoms with Crippen LogP contribution in [0.1, 0.15) is 0 Å². The van der Waals surface area contributed by atoms with Crippen molar-refractivity contribution in [3.63, 3.8) is 0 Å². The van der Waals surface area contributed by atoms with Gasteiger partial charge in [0, 0.05) is 13.2 Å². The van der Waals surface area contributed by atoms with Gasteiger partial charge in [0.2, 0.25) is 0 Å². The van der Waals surface area contributed by atoms with Gasteiger partial charge in [-0.3, -0.25) is 0 Å². The molecule has 0 aliphatic rings. The van der Waals surface area contributed by atoms with Gasteiger partial charge in [-0.25, -0.2) is 0 Å². The molecule has 0 saturated heterocycles. The first-order chi connectivity index (χ1) is 3.31. The van der Waals surface area contributed by atoms with Gasteiger partial charge in [-0.05, 0) is 0 Å². The molecule has 0 saturated carbocycles. The average Bonchev–Trinajstić information content (AvgIpc) is 1.68. The van der Waals surface area contributed by atoms with Crippen molar-refractivity contribution in [1.29, 1.82) is 0 Å². The van der Waals surface area contributed by atoms with Crippen molar-refractivity contribution < 1.29 is 4.74 Å². The van der Waals surface area contributed by atoms with Gasteiger partial charge >= 0.3 is 0 Å². The van der Waals surface area contributed by atoms with Crippen LogP contribution in [-0.4, -0.2) is 19.8 Å². The zero-order chi connectivity index (χ0) is 5.70. The lowest BCUT2D eigenvalue weighted by atomic mass is 10.3. The topological polar surface area (TPSA) is 35.2 Å². The molecule has 0 unspecified atom stereocenters. The number of ether oxygens (including phenoxy) is 1. The van der Waals surface area contributed by atoms with E-state index >= 15 is 0 Å². The predicted molar refractivity (Wildman–Crippen MR) is 30.0 cm³/mol. The van der Waals surface area contributed by atoms with Gasteiger partial charge in [-0.15, -0.1) is 6.58 Å². The van der Waals surface area contributed by atoms with E-state index in [1.807, 2.05) is 0 Å². The van der Waals surface area contributed by atoms with Crippen LogP contribution < -0.4 is 5.73 Å². The quantitative estimate of drug-likeness (QED) is 0.513. The van der Waals surface area contributed by atoms with Crippen LogP contribution in [0.25, 0.3) is 0 Å². The molecule has 2 N–H and O–H groups in total. The van der Waals surface area contributed by atoms with E-state index in [2.05, 4.69) is 6.58 Å². The minimum atomic E-state index is -0.00926. The molecule has 0 aliphatic carbocycles. The Morgan fingerprint density at radius 3 is 2.71 bits per heavy atom. The Morgan fingerprint density at radius 1 is 2.00 bits per heavy atom. The first kappa shape index (κ1) is 6.66. The number of hydrogen-bond acceptors (Lipinski definition) is 2. The Bertz CT molecular complexity index is 54.0. The standard InChI is InChI=1S/C5H11NO/c1-3-5(6)4-7-2/h3,5H,1,4,6H2,2H3/t5-/m1/s1. The highest BCUT2D eigenvalue weighted by Gasteiger charge is 1.89. The first-order valence-corrected chi connectivity index (χ1v) is 2.18. The van der Waals surface area contributed by atoms with Crippen molar-refractivity contribution in [3.05, 3.63) is 12.7 Å². The van der Waals surface area contributed by atoms with E-state index in [0.717, 1.165) is 0 Å². The molecule has 2 nitrogen and oxygen atoms in total. The summed E-state index contributed by atoms with van der Waals surface area (Å²) in [7, 11) is 1.61. The highest BCUT2D eigenvalue weighted by atomic mass is 16.5. The predicted octanol–water partition coefficient (Wildman–Crippen LogP) is 0.146. The summed E-state index contributed by atoms with van der Waals surface area (Å²) in [6.07, 6.45) is 1.66. The Kier molecular flexibility index (Phi) is 3.65. The zero-order valence-electron chi connectivity index (χ0n) is 4.55. The molecule has 0 rings (SSSR count). The van der Waals surface area contributed by atoms with Crippen LogP contribution in [0.3, 0.4) is 0 Å². The summed E-state index contributed by atoms with van der Waals surface area (Å²) < 4.78 is 4.70. The van der Waals surface area contributed by atoms with Crippen molar-refractivity contribution in [2.75, 3.05) is 13.7 Å². The number of nitrogens with two attached hydrogens (primary N) is 1. The molecule has 0 aliphatic heterocycles. The number of hydrogen-bond donors (Lipinski definition) is 1. The SMILES string of the molecule is C=C[C@@H](N)COC. The average molecular weight is 101 g/mol. The number of methoxy groups -OCH3 is 1. The molecule has 0 aromatic heterocycles. The second-order valence-corrected chi connectivity index (χ2v) is 1.35. The van der Waals surface area contributed by atoms with Crippen molar-refractivity contribution in [2.24, 2.45) is 5.73 Å². The van der Waals surface area contributed by atoms with Crippen LogP contribution in [0.2, 0.25) is 0 Å². The summed E-state index contributed by atoms with van der Waals surface area (Å²) in [5.41, 5.74) is 5.34. The Hall–Kier alpha value is -0.340. The first-order valence-electron chi connectivity index (χ1n) is 2.18. The van der Waals surface area contributed by atoms with Crippen molar-refractivity contribution in [2.45, 2.75) is 6.04 Å². The van der Waals surface area contributed by atoms with Crippen LogP contribution in [0, 0.1) is 0 Å². The fourth-order valence-corrected chi connectivity index (χ4v) is 0.260. The Labute approximate surface area is 44.0 Å². The fourth-order valence-electron chi connectivity index (χ4n) is 0.260. The highest BCUT2D eigenvalue weighted by molar-refractivity contribution is 4.81. The van der Waals surface area contributed by atoms with Crippen molar-refractivity contribution in [3.8, 4) is 0 Å². The third kappa shape index (κ3) is 3.49. The minimum absolute atomic E-state index is 0.00926. The molecule has 0 heterocycles. The van der Waals surface area contributed by atoms with Crippen LogP contribution in [-0.2, 0) is 4.74 Å². The van der Waals surface area contributed by atoms with Gasteiger partial charge in [0.25, 0.3) is 0 Å². The van der Waals surface area contributed by atoms with Gasteiger partial charge < -0.3 is 10.5 Å². The van der Waals surface area contributed by atoms with E-state index in [-0.39, 0.29) is 6.04 Å². The van der Waals surface area contributed by atoms with Crippen LogP contribution in [0.5, 0.6) is 0 Å². The molecule has 0 spiro atoms. The van der Waals surface area contributed by atoms with Gasteiger partial charge in [0.15, 0.2) is 0 Å². The van der Waals surface area contributed by atoms with E-state index < -0.39 is 0 Å². The molecular weight excluding hydrogens is 90.1 g/mol. The second-order valence-electron chi connectivity index (χ2n) is 1.35. The fraction of sp³-hybridized carbons (Fsp3) is 0.600. The maximum Gasteiger partial charge on any atom is 0.0649 e. The van der Waals surface area contributed by atoms with Gasteiger partial charge in [-0.1, -0.05) is 6.08 Å². The van der Waals surface area contributed by atoms with E-state index in [1.165, 1.54) is 0 Å². The molecular formula is C5H11NO. The molecule has 2 heteroatoms. The third-order valence-corrected chi connectivity index (χ3v) is 0.662. The normalized spacial score (nSPS) is 13.4. The molecule has 0 radical (unpaired) electrons. The molecule has 0 aromatic rings. The summed E-state index contributed by atoms with van der Waals surface area (Å²) in [5.74, 6) is 0. The van der Waals surface area contributed by atoms with Crippen LogP contribution >= 0.6 is 0 Å². The smallest absolute Gasteiger partial charge is 0.0649 e. The van der Waals surface area contributed by atoms with Crippen LogP contribution in [0.15, 0.2) is 12.7 Å². The van der Waals surface area contributed by atoms with Crippen LogP contribution in [0.4, 0.5) is 0 Å². The maximum atomic E-state index is 5.34. The lowest BCUT2D eigenvalue weighted by Gasteiger charge is -2.00. The summed E-state index contributed by atoms with van der Waals surface area (Å²) in [4.78, 5) is 0. The third-order valence-electron chi connectivity index (χ3n) is 0.662. The summed E-state index contributed by atoms with van der Waals surface area (Å²) in [5, 5.41) is 0. The lowest BCUT2D eigenvalue weighted by Crippen LogP contribution is -2.21. The molecule has 42 valence electrons. The van der Waals surface area contributed by atoms with E-state index in [0.29, 0.717) is 6.61 Å². The largest absolute Gasteiger partial charge is 0.383 e. The maximum absolute atomic E-state index is 5.34. The molecule has 0 fully saturated rings. The summed E-state index contributed by atoms with van der Waals surface area (Å²) in [6, 6.07) is -0.00926. The van der Waals surface area contributed by atoms with E-state index in [1.54, 1.807) is 13.2 Å². The van der Waals surface area contributed by atoms with E-state index in [4.69, 9.17) is 10.5 Å². The molecule has 0 amide bonds. The second kappa shape index (κ2) is 3.84. The molecule has 1 atom stereocenters. The summed E-state index contributed by atoms with van der Waals surface area (Å²) >= 11 is 0. The lowest BCUT2D eigenvalue weighted by molar-refractivity contribution is 0.192. The molecule has 0 aromatic carbocycles. The van der Waals surface area contributed by atoms with Crippen molar-refractivity contribution >= 4 is 0 Å².